The van der Waals surface area contributed by atoms with Crippen LogP contribution in [0.1, 0.15) is 17.0 Å². The van der Waals surface area contributed by atoms with Crippen LogP contribution in [0.4, 0.5) is 13.2 Å². The van der Waals surface area contributed by atoms with Gasteiger partial charge < -0.3 is 4.42 Å². The van der Waals surface area contributed by atoms with Gasteiger partial charge in [0.1, 0.15) is 5.52 Å². The molecule has 0 radical (unpaired) electrons. The first-order chi connectivity index (χ1) is 7.73. The molecule has 17 heavy (non-hydrogen) atoms. The fourth-order valence-electron chi connectivity index (χ4n) is 1.78. The molecule has 0 spiro atoms. The zero-order chi connectivity index (χ0) is 13.0. The number of pyridine rings is 1. The van der Waals surface area contributed by atoms with E-state index in [1.165, 1.54) is 14.0 Å². The van der Waals surface area contributed by atoms with Crippen LogP contribution < -0.4 is 5.56 Å². The second kappa shape index (κ2) is 3.35. The van der Waals surface area contributed by atoms with Gasteiger partial charge in [-0.15, -0.1) is 0 Å². The second-order valence-electron chi connectivity index (χ2n) is 3.75. The summed E-state index contributed by atoms with van der Waals surface area (Å²) in [6.45, 7) is 2.56. The van der Waals surface area contributed by atoms with Gasteiger partial charge in [0, 0.05) is 19.5 Å². The lowest BCUT2D eigenvalue weighted by atomic mass is 10.1. The molecule has 2 aromatic heterocycles. The number of aryl methyl sites for hydroxylation is 2. The molecule has 0 N–H and O–H groups in total. The summed E-state index contributed by atoms with van der Waals surface area (Å²) >= 11 is 0. The summed E-state index contributed by atoms with van der Waals surface area (Å²) in [6.07, 6.45) is -4.63. The zero-order valence-electron chi connectivity index (χ0n) is 9.34. The van der Waals surface area contributed by atoms with Crippen molar-refractivity contribution in [1.82, 2.24) is 9.55 Å². The van der Waals surface area contributed by atoms with Gasteiger partial charge in [-0.3, -0.25) is 9.36 Å². The van der Waals surface area contributed by atoms with E-state index in [-0.39, 0.29) is 22.7 Å². The van der Waals surface area contributed by atoms with Crippen molar-refractivity contribution in [1.29, 1.82) is 0 Å². The molecule has 0 unspecified atom stereocenters. The first kappa shape index (κ1) is 11.7. The Balaban J connectivity index is 3.06. The van der Waals surface area contributed by atoms with E-state index in [1.807, 2.05) is 0 Å². The predicted octanol–water partition coefficient (Wildman–Crippen LogP) is 2.16. The van der Waals surface area contributed by atoms with Crippen molar-refractivity contribution in [3.63, 3.8) is 0 Å². The van der Waals surface area contributed by atoms with Crippen molar-refractivity contribution in [2.75, 3.05) is 0 Å². The topological polar surface area (TPSA) is 48.0 Å². The largest absolute Gasteiger partial charge is 0.424 e. The van der Waals surface area contributed by atoms with Crippen LogP contribution in [0, 0.1) is 13.8 Å². The lowest BCUT2D eigenvalue weighted by Gasteiger charge is -2.11. The Morgan fingerprint density at radius 1 is 1.29 bits per heavy atom. The van der Waals surface area contributed by atoms with Gasteiger partial charge in [-0.1, -0.05) is 0 Å². The van der Waals surface area contributed by atoms with Gasteiger partial charge in [-0.2, -0.15) is 13.2 Å². The van der Waals surface area contributed by atoms with E-state index >= 15 is 0 Å². The molecule has 4 nitrogen and oxygen atoms in total. The highest BCUT2D eigenvalue weighted by Crippen LogP contribution is 2.35. The molecule has 92 valence electrons. The molecular weight excluding hydrogens is 237 g/mol. The van der Waals surface area contributed by atoms with E-state index in [1.54, 1.807) is 0 Å². The number of nitrogens with zero attached hydrogens (tertiary/aromatic N) is 2. The van der Waals surface area contributed by atoms with Crippen LogP contribution in [0.5, 0.6) is 0 Å². The normalized spacial score (nSPS) is 12.4. The van der Waals surface area contributed by atoms with Crippen LogP contribution in [0.25, 0.3) is 11.2 Å². The second-order valence-corrected chi connectivity index (χ2v) is 3.75. The third-order valence-electron chi connectivity index (χ3n) is 2.54. The first-order valence-corrected chi connectivity index (χ1v) is 4.77. The first-order valence-electron chi connectivity index (χ1n) is 4.77. The summed E-state index contributed by atoms with van der Waals surface area (Å²) in [4.78, 5) is 15.3. The average molecular weight is 246 g/mol. The molecule has 0 aromatic carbocycles. The molecule has 0 saturated heterocycles. The van der Waals surface area contributed by atoms with E-state index in [2.05, 4.69) is 4.98 Å². The Morgan fingerprint density at radius 3 is 2.41 bits per heavy atom. The molecule has 0 atom stereocenters. The number of aromatic nitrogens is 2. The Morgan fingerprint density at radius 2 is 1.88 bits per heavy atom. The maximum atomic E-state index is 12.9. The number of rotatable bonds is 0. The molecule has 0 bridgehead atoms. The average Bonchev–Trinajstić information content (AvgIpc) is 2.54. The summed E-state index contributed by atoms with van der Waals surface area (Å²) < 4.78 is 44.7. The predicted molar refractivity (Wildman–Crippen MR) is 53.7 cm³/mol. The summed E-state index contributed by atoms with van der Waals surface area (Å²) in [5.41, 5.74) is -2.62. The molecular formula is C10H9F3N2O2. The molecule has 2 aromatic rings. The van der Waals surface area contributed by atoms with E-state index < -0.39 is 17.3 Å². The number of fused-ring (bicyclic) bond motifs is 1. The standard InChI is InChI=1S/C10H9F3N2O2/c1-4-6(10(11,12)13)7-9(15(3)8(4)16)17-5(2)14-7/h1-3H3. The quantitative estimate of drug-likeness (QED) is 0.715. The number of halogens is 3. The van der Waals surface area contributed by atoms with Gasteiger partial charge in [0.2, 0.25) is 5.71 Å². The Kier molecular flexibility index (Phi) is 2.30. The van der Waals surface area contributed by atoms with Crippen molar-refractivity contribution >= 4 is 11.2 Å². The number of hydrogen-bond donors (Lipinski definition) is 0. The van der Waals surface area contributed by atoms with Crippen LogP contribution >= 0.6 is 0 Å². The summed E-state index contributed by atoms with van der Waals surface area (Å²) in [6, 6.07) is 0. The SMILES string of the molecule is Cc1nc2c(C(F)(F)F)c(C)c(=O)n(C)c2o1. The molecule has 0 saturated carbocycles. The van der Waals surface area contributed by atoms with E-state index in [0.29, 0.717) is 0 Å². The number of hydrogen-bond acceptors (Lipinski definition) is 3. The van der Waals surface area contributed by atoms with Gasteiger partial charge in [0.15, 0.2) is 5.89 Å². The fourth-order valence-corrected chi connectivity index (χ4v) is 1.78. The van der Waals surface area contributed by atoms with Gasteiger partial charge in [0.05, 0.1) is 5.56 Å². The van der Waals surface area contributed by atoms with Gasteiger partial charge in [-0.25, -0.2) is 4.98 Å². The summed E-state index contributed by atoms with van der Waals surface area (Å²) in [5.74, 6) is 0.0890. The zero-order valence-corrected chi connectivity index (χ0v) is 9.34. The van der Waals surface area contributed by atoms with Gasteiger partial charge >= 0.3 is 6.18 Å². The molecule has 0 aliphatic carbocycles. The van der Waals surface area contributed by atoms with Crippen molar-refractivity contribution in [3.8, 4) is 0 Å². The minimum Gasteiger partial charge on any atom is -0.424 e. The molecule has 0 aliphatic rings. The maximum Gasteiger partial charge on any atom is 0.419 e. The van der Waals surface area contributed by atoms with E-state index in [4.69, 9.17) is 4.42 Å². The Hall–Kier alpha value is -1.79. The lowest BCUT2D eigenvalue weighted by molar-refractivity contribution is -0.137. The highest BCUT2D eigenvalue weighted by atomic mass is 19.4. The van der Waals surface area contributed by atoms with Crippen LogP contribution in [0.15, 0.2) is 9.21 Å². The van der Waals surface area contributed by atoms with Crippen LogP contribution in [0.2, 0.25) is 0 Å². The monoisotopic (exact) mass is 246 g/mol. The number of oxazole rings is 1. The Bertz CT molecular complexity index is 652. The van der Waals surface area contributed by atoms with Crippen molar-refractivity contribution in [3.05, 3.63) is 27.4 Å². The molecule has 0 amide bonds. The summed E-state index contributed by atoms with van der Waals surface area (Å²) in [7, 11) is 1.35. The molecule has 7 heteroatoms. The van der Waals surface area contributed by atoms with Gasteiger partial charge in [0.25, 0.3) is 5.56 Å². The van der Waals surface area contributed by atoms with Crippen molar-refractivity contribution < 1.29 is 17.6 Å². The number of alkyl halides is 3. The minimum atomic E-state index is -4.63. The van der Waals surface area contributed by atoms with E-state index in [9.17, 15) is 18.0 Å². The van der Waals surface area contributed by atoms with Crippen molar-refractivity contribution in [2.45, 2.75) is 20.0 Å². The fraction of sp³-hybridized carbons (Fsp3) is 0.400. The molecule has 2 heterocycles. The van der Waals surface area contributed by atoms with E-state index in [0.717, 1.165) is 11.5 Å². The highest BCUT2D eigenvalue weighted by molar-refractivity contribution is 5.75. The highest BCUT2D eigenvalue weighted by Gasteiger charge is 2.38. The summed E-state index contributed by atoms with van der Waals surface area (Å²) in [5, 5.41) is 0. The molecule has 0 aliphatic heterocycles. The minimum absolute atomic E-state index is 0.0890. The molecule has 0 fully saturated rings. The third kappa shape index (κ3) is 1.62. The van der Waals surface area contributed by atoms with Crippen LogP contribution in [-0.2, 0) is 13.2 Å². The van der Waals surface area contributed by atoms with Crippen LogP contribution in [-0.4, -0.2) is 9.55 Å². The molecule has 2 rings (SSSR count). The Labute approximate surface area is 93.7 Å². The smallest absolute Gasteiger partial charge is 0.419 e. The maximum absolute atomic E-state index is 12.9. The van der Waals surface area contributed by atoms with Gasteiger partial charge in [-0.05, 0) is 6.92 Å². The van der Waals surface area contributed by atoms with Crippen LogP contribution in [0.3, 0.4) is 0 Å². The van der Waals surface area contributed by atoms with Crippen molar-refractivity contribution in [2.24, 2.45) is 7.05 Å². The third-order valence-corrected chi connectivity index (χ3v) is 2.54. The lowest BCUT2D eigenvalue weighted by Crippen LogP contribution is -2.24.